The maximum absolute atomic E-state index is 7.42. The van der Waals surface area contributed by atoms with Crippen molar-refractivity contribution in [2.24, 2.45) is 0 Å². The molecule has 0 aliphatic carbocycles. The van der Waals surface area contributed by atoms with Gasteiger partial charge in [0.15, 0.2) is 0 Å². The third-order valence-corrected chi connectivity index (χ3v) is 1.88. The molecule has 0 spiro atoms. The third-order valence-electron chi connectivity index (χ3n) is 1.88. The molecule has 1 heterocycles. The van der Waals surface area contributed by atoms with E-state index < -0.39 is 0 Å². The first kappa shape index (κ1) is 12.2. The normalized spacial score (nSPS) is 20.1. The fourth-order valence-corrected chi connectivity index (χ4v) is 1.30. The van der Waals surface area contributed by atoms with Crippen molar-refractivity contribution in [3.05, 3.63) is 12.8 Å². The summed E-state index contributed by atoms with van der Waals surface area (Å²) < 4.78 is 5.20. The second kappa shape index (κ2) is 6.66. The van der Waals surface area contributed by atoms with Gasteiger partial charge in [-0.05, 0) is 19.5 Å². The first-order chi connectivity index (χ1) is 6.25. The van der Waals surface area contributed by atoms with Crippen LogP contribution in [0, 0.1) is 5.41 Å². The second-order valence-corrected chi connectivity index (χ2v) is 2.69. The quantitative estimate of drug-likeness (QED) is 0.528. The van der Waals surface area contributed by atoms with Crippen LogP contribution in [-0.4, -0.2) is 30.0 Å². The molecule has 1 saturated heterocycles. The Morgan fingerprint density at radius 3 is 2.54 bits per heavy atom. The average Bonchev–Trinajstić information content (AvgIpc) is 2.62. The molecular weight excluding hydrogens is 164 g/mol. The molecule has 0 bridgehead atoms. The largest absolute Gasteiger partial charge is 0.379 e. The molecule has 1 aliphatic rings. The number of nitrogens with one attached hydrogen (secondary N) is 1. The van der Waals surface area contributed by atoms with Crippen molar-refractivity contribution in [2.45, 2.75) is 33.2 Å². The van der Waals surface area contributed by atoms with Crippen LogP contribution in [0.5, 0.6) is 0 Å². The number of rotatable bonds is 2. The summed E-state index contributed by atoms with van der Waals surface area (Å²) in [6, 6.07) is 0.338. The first-order valence-corrected chi connectivity index (χ1v) is 4.79. The van der Waals surface area contributed by atoms with Crippen LogP contribution >= 0.6 is 0 Å². The first-order valence-electron chi connectivity index (χ1n) is 4.79. The topological polar surface area (TPSA) is 36.3 Å². The van der Waals surface area contributed by atoms with Crippen LogP contribution in [-0.2, 0) is 4.74 Å². The Morgan fingerprint density at radius 2 is 2.23 bits per heavy atom. The van der Waals surface area contributed by atoms with Crippen molar-refractivity contribution in [3.63, 3.8) is 0 Å². The Bertz CT molecular complexity index is 162. The highest BCUT2D eigenvalue weighted by atomic mass is 16.5. The van der Waals surface area contributed by atoms with Crippen molar-refractivity contribution >= 4 is 5.84 Å². The van der Waals surface area contributed by atoms with E-state index in [9.17, 15) is 0 Å². The van der Waals surface area contributed by atoms with E-state index in [0.29, 0.717) is 11.9 Å². The molecule has 1 aliphatic heterocycles. The molecule has 13 heavy (non-hydrogen) atoms. The Labute approximate surface area is 80.9 Å². The average molecular weight is 184 g/mol. The number of ether oxygens (including phenoxy) is 1. The van der Waals surface area contributed by atoms with E-state index in [0.717, 1.165) is 19.6 Å². The van der Waals surface area contributed by atoms with Gasteiger partial charge in [-0.15, -0.1) is 0 Å². The van der Waals surface area contributed by atoms with Crippen LogP contribution < -0.4 is 0 Å². The molecule has 0 aromatic heterocycles. The predicted octanol–water partition coefficient (Wildman–Crippen LogP) is 2.24. The van der Waals surface area contributed by atoms with Gasteiger partial charge in [-0.2, -0.15) is 0 Å². The standard InChI is InChI=1S/C8H14N2O.C2H6/c1-3-10(7(2)9)8-4-5-11-6-8;1-2/h3,8-9H,1,4-6H2,2H3;1-2H3. The number of hydrogen-bond donors (Lipinski definition) is 1. The lowest BCUT2D eigenvalue weighted by Crippen LogP contribution is -2.34. The Hall–Kier alpha value is -0.830. The molecule has 0 radical (unpaired) electrons. The molecule has 0 amide bonds. The summed E-state index contributed by atoms with van der Waals surface area (Å²) in [7, 11) is 0. The molecular formula is C10H20N2O. The molecule has 1 rings (SSSR count). The minimum absolute atomic E-state index is 0.338. The van der Waals surface area contributed by atoms with Crippen LogP contribution in [0.1, 0.15) is 27.2 Å². The smallest absolute Gasteiger partial charge is 0.0969 e. The fourth-order valence-electron chi connectivity index (χ4n) is 1.30. The highest BCUT2D eigenvalue weighted by molar-refractivity contribution is 5.77. The highest BCUT2D eigenvalue weighted by Crippen LogP contribution is 2.12. The van der Waals surface area contributed by atoms with Gasteiger partial charge in [0.2, 0.25) is 0 Å². The van der Waals surface area contributed by atoms with Crippen LogP contribution in [0.3, 0.4) is 0 Å². The van der Waals surface area contributed by atoms with E-state index >= 15 is 0 Å². The van der Waals surface area contributed by atoms with Crippen LogP contribution in [0.25, 0.3) is 0 Å². The number of nitrogens with zero attached hydrogens (tertiary/aromatic N) is 1. The Balaban J connectivity index is 0.000000671. The third kappa shape index (κ3) is 3.59. The molecule has 1 atom stereocenters. The monoisotopic (exact) mass is 184 g/mol. The minimum Gasteiger partial charge on any atom is -0.379 e. The van der Waals surface area contributed by atoms with E-state index in [1.54, 1.807) is 13.1 Å². The maximum Gasteiger partial charge on any atom is 0.0969 e. The summed E-state index contributed by atoms with van der Waals surface area (Å²) in [5.41, 5.74) is 0. The van der Waals surface area contributed by atoms with Gasteiger partial charge >= 0.3 is 0 Å². The van der Waals surface area contributed by atoms with Gasteiger partial charge in [0, 0.05) is 6.61 Å². The van der Waals surface area contributed by atoms with Gasteiger partial charge in [-0.3, -0.25) is 5.41 Å². The van der Waals surface area contributed by atoms with Gasteiger partial charge in [0.05, 0.1) is 18.5 Å². The van der Waals surface area contributed by atoms with E-state index in [2.05, 4.69) is 6.58 Å². The molecule has 1 unspecified atom stereocenters. The van der Waals surface area contributed by atoms with Gasteiger partial charge in [-0.25, -0.2) is 0 Å². The predicted molar refractivity (Wildman–Crippen MR) is 56.0 cm³/mol. The summed E-state index contributed by atoms with van der Waals surface area (Å²) >= 11 is 0. The summed E-state index contributed by atoms with van der Waals surface area (Å²) in [6.45, 7) is 11.0. The highest BCUT2D eigenvalue weighted by Gasteiger charge is 2.21. The van der Waals surface area contributed by atoms with Crippen LogP contribution in [0.2, 0.25) is 0 Å². The van der Waals surface area contributed by atoms with E-state index in [-0.39, 0.29) is 0 Å². The molecule has 0 aromatic carbocycles. The van der Waals surface area contributed by atoms with Gasteiger partial charge in [-0.1, -0.05) is 20.4 Å². The summed E-state index contributed by atoms with van der Waals surface area (Å²) in [4.78, 5) is 1.85. The van der Waals surface area contributed by atoms with Crippen molar-refractivity contribution < 1.29 is 4.74 Å². The van der Waals surface area contributed by atoms with E-state index in [1.165, 1.54) is 0 Å². The zero-order chi connectivity index (χ0) is 10.3. The lowest BCUT2D eigenvalue weighted by molar-refractivity contribution is 0.182. The second-order valence-electron chi connectivity index (χ2n) is 2.69. The van der Waals surface area contributed by atoms with Crippen molar-refractivity contribution in [3.8, 4) is 0 Å². The number of amidine groups is 1. The molecule has 3 nitrogen and oxygen atoms in total. The van der Waals surface area contributed by atoms with E-state index in [1.807, 2.05) is 18.7 Å². The molecule has 0 aromatic rings. The summed E-state index contributed by atoms with van der Waals surface area (Å²) in [5.74, 6) is 0.538. The summed E-state index contributed by atoms with van der Waals surface area (Å²) in [5, 5.41) is 7.42. The molecule has 3 heteroatoms. The molecule has 1 N–H and O–H groups in total. The van der Waals surface area contributed by atoms with Crippen LogP contribution in [0.4, 0.5) is 0 Å². The lowest BCUT2D eigenvalue weighted by atomic mass is 10.2. The fraction of sp³-hybridized carbons (Fsp3) is 0.700. The summed E-state index contributed by atoms with van der Waals surface area (Å²) in [6.07, 6.45) is 2.70. The van der Waals surface area contributed by atoms with Gasteiger partial charge in [0.25, 0.3) is 0 Å². The molecule has 76 valence electrons. The SMILES string of the molecule is C=CN(C(C)=N)C1CCOC1.CC. The molecule has 1 fully saturated rings. The van der Waals surface area contributed by atoms with E-state index in [4.69, 9.17) is 10.1 Å². The van der Waals surface area contributed by atoms with Gasteiger partial charge < -0.3 is 9.64 Å². The zero-order valence-electron chi connectivity index (χ0n) is 8.84. The molecule has 0 saturated carbocycles. The Morgan fingerprint density at radius 1 is 1.62 bits per heavy atom. The Kier molecular flexibility index (Phi) is 6.24. The van der Waals surface area contributed by atoms with Crippen LogP contribution in [0.15, 0.2) is 12.8 Å². The number of hydrogen-bond acceptors (Lipinski definition) is 2. The van der Waals surface area contributed by atoms with Gasteiger partial charge in [0.1, 0.15) is 0 Å². The lowest BCUT2D eigenvalue weighted by Gasteiger charge is -2.24. The minimum atomic E-state index is 0.338. The van der Waals surface area contributed by atoms with Crippen molar-refractivity contribution in [2.75, 3.05) is 13.2 Å². The van der Waals surface area contributed by atoms with Crippen molar-refractivity contribution in [1.29, 1.82) is 5.41 Å². The maximum atomic E-state index is 7.42. The van der Waals surface area contributed by atoms with Crippen molar-refractivity contribution in [1.82, 2.24) is 4.90 Å². The zero-order valence-corrected chi connectivity index (χ0v) is 8.84.